The van der Waals surface area contributed by atoms with E-state index < -0.39 is 12.8 Å². The van der Waals surface area contributed by atoms with Crippen LogP contribution < -0.4 is 4.74 Å². The summed E-state index contributed by atoms with van der Waals surface area (Å²) in [6.07, 6.45) is -2.98. The highest BCUT2D eigenvalue weighted by Crippen LogP contribution is 2.18. The van der Waals surface area contributed by atoms with E-state index in [9.17, 15) is 18.0 Å². The molecule has 86 valence electrons. The molecule has 0 bridgehead atoms. The van der Waals surface area contributed by atoms with Crippen molar-refractivity contribution in [2.24, 2.45) is 4.99 Å². The summed E-state index contributed by atoms with van der Waals surface area (Å²) in [7, 11) is 0. The zero-order valence-corrected chi connectivity index (χ0v) is 8.12. The normalized spacial score (nSPS) is 10.7. The minimum absolute atomic E-state index is 0.121. The zero-order chi connectivity index (χ0) is 12.0. The number of rotatable bonds is 4. The van der Waals surface area contributed by atoms with Crippen molar-refractivity contribution in [3.63, 3.8) is 0 Å². The summed E-state index contributed by atoms with van der Waals surface area (Å²) in [5.74, 6) is 0.121. The number of alkyl halides is 3. The Morgan fingerprint density at radius 1 is 1.25 bits per heavy atom. The smallest absolute Gasteiger partial charge is 0.422 e. The monoisotopic (exact) mass is 231 g/mol. The van der Waals surface area contributed by atoms with Crippen molar-refractivity contribution in [2.75, 3.05) is 6.61 Å². The molecule has 0 saturated heterocycles. The predicted octanol–water partition coefficient (Wildman–Crippen LogP) is 2.46. The third kappa shape index (κ3) is 4.61. The maximum Gasteiger partial charge on any atom is 0.422 e. The quantitative estimate of drug-likeness (QED) is 0.589. The van der Waals surface area contributed by atoms with Gasteiger partial charge in [-0.15, -0.1) is 0 Å². The van der Waals surface area contributed by atoms with Gasteiger partial charge in [-0.1, -0.05) is 12.1 Å². The highest BCUT2D eigenvalue weighted by Gasteiger charge is 2.28. The third-order valence-corrected chi connectivity index (χ3v) is 1.65. The Balaban J connectivity index is 2.54. The standard InChI is InChI=1S/C10H8F3NO2/c11-10(12,13)6-16-9-3-1-8(2-4-9)5-14-7-15/h1-4H,5-6H2. The summed E-state index contributed by atoms with van der Waals surface area (Å²) < 4.78 is 39.9. The van der Waals surface area contributed by atoms with Crippen LogP contribution in [0.5, 0.6) is 5.75 Å². The molecular formula is C10H8F3NO2. The molecule has 0 heterocycles. The van der Waals surface area contributed by atoms with Crippen molar-refractivity contribution in [1.29, 1.82) is 0 Å². The van der Waals surface area contributed by atoms with Crippen LogP contribution in [0.1, 0.15) is 5.56 Å². The minimum atomic E-state index is -4.35. The number of carbonyl (C=O) groups excluding carboxylic acids is 1. The van der Waals surface area contributed by atoms with E-state index in [4.69, 9.17) is 0 Å². The topological polar surface area (TPSA) is 38.7 Å². The van der Waals surface area contributed by atoms with E-state index in [0.29, 0.717) is 5.56 Å². The van der Waals surface area contributed by atoms with Gasteiger partial charge >= 0.3 is 6.18 Å². The maximum absolute atomic E-state index is 11.8. The zero-order valence-electron chi connectivity index (χ0n) is 8.12. The van der Waals surface area contributed by atoms with Gasteiger partial charge in [0.15, 0.2) is 6.61 Å². The Bertz CT molecular complexity index is 380. The molecule has 0 aliphatic rings. The second-order valence-electron chi connectivity index (χ2n) is 2.96. The van der Waals surface area contributed by atoms with Crippen LogP contribution in [-0.4, -0.2) is 18.9 Å². The van der Waals surface area contributed by atoms with Gasteiger partial charge in [0.25, 0.3) is 0 Å². The van der Waals surface area contributed by atoms with Gasteiger partial charge in [0.05, 0.1) is 6.54 Å². The fraction of sp³-hybridized carbons (Fsp3) is 0.300. The van der Waals surface area contributed by atoms with Gasteiger partial charge in [-0.05, 0) is 17.7 Å². The highest BCUT2D eigenvalue weighted by atomic mass is 19.4. The predicted molar refractivity (Wildman–Crippen MR) is 49.8 cm³/mol. The molecule has 0 N–H and O–H groups in total. The van der Waals surface area contributed by atoms with Crippen LogP contribution in [0.3, 0.4) is 0 Å². The van der Waals surface area contributed by atoms with Gasteiger partial charge in [0.1, 0.15) is 5.75 Å². The molecule has 3 nitrogen and oxygen atoms in total. The fourth-order valence-electron chi connectivity index (χ4n) is 0.980. The van der Waals surface area contributed by atoms with E-state index in [-0.39, 0.29) is 12.3 Å². The first-order valence-corrected chi connectivity index (χ1v) is 4.33. The average Bonchev–Trinajstić information content (AvgIpc) is 2.24. The summed E-state index contributed by atoms with van der Waals surface area (Å²) in [4.78, 5) is 13.1. The van der Waals surface area contributed by atoms with Gasteiger partial charge in [-0.2, -0.15) is 13.2 Å². The van der Waals surface area contributed by atoms with Crippen LogP contribution in [0, 0.1) is 0 Å². The number of hydrogen-bond donors (Lipinski definition) is 0. The Morgan fingerprint density at radius 2 is 1.88 bits per heavy atom. The number of hydrogen-bond acceptors (Lipinski definition) is 3. The molecule has 16 heavy (non-hydrogen) atoms. The summed E-state index contributed by atoms with van der Waals surface area (Å²) in [6.45, 7) is -1.16. The second kappa shape index (κ2) is 5.32. The van der Waals surface area contributed by atoms with E-state index >= 15 is 0 Å². The first kappa shape index (κ1) is 12.3. The molecule has 0 atom stereocenters. The lowest BCUT2D eigenvalue weighted by Crippen LogP contribution is -2.19. The SMILES string of the molecule is O=C=NCc1ccc(OCC(F)(F)F)cc1. The summed E-state index contributed by atoms with van der Waals surface area (Å²) in [5.41, 5.74) is 0.697. The van der Waals surface area contributed by atoms with Crippen molar-refractivity contribution in [3.8, 4) is 5.75 Å². The number of benzene rings is 1. The Hall–Kier alpha value is -1.81. The highest BCUT2D eigenvalue weighted by molar-refractivity contribution is 5.34. The number of halogens is 3. The van der Waals surface area contributed by atoms with Gasteiger partial charge in [0, 0.05) is 0 Å². The lowest BCUT2D eigenvalue weighted by molar-refractivity contribution is -0.153. The van der Waals surface area contributed by atoms with E-state index in [0.717, 1.165) is 0 Å². The van der Waals surface area contributed by atoms with Crippen molar-refractivity contribution >= 4 is 6.08 Å². The first-order chi connectivity index (χ1) is 7.51. The molecule has 0 aromatic heterocycles. The van der Waals surface area contributed by atoms with Crippen molar-refractivity contribution in [2.45, 2.75) is 12.7 Å². The maximum atomic E-state index is 11.8. The first-order valence-electron chi connectivity index (χ1n) is 4.33. The molecular weight excluding hydrogens is 223 g/mol. The molecule has 0 saturated carbocycles. The van der Waals surface area contributed by atoms with Crippen LogP contribution in [0.2, 0.25) is 0 Å². The molecule has 0 aliphatic carbocycles. The molecule has 1 aromatic rings. The van der Waals surface area contributed by atoms with Crippen molar-refractivity contribution in [1.82, 2.24) is 0 Å². The largest absolute Gasteiger partial charge is 0.484 e. The van der Waals surface area contributed by atoms with E-state index in [1.165, 1.54) is 30.3 Å². The summed E-state index contributed by atoms with van der Waals surface area (Å²) in [5, 5.41) is 0. The van der Waals surface area contributed by atoms with Crippen LogP contribution in [0.15, 0.2) is 29.3 Å². The minimum Gasteiger partial charge on any atom is -0.484 e. The van der Waals surface area contributed by atoms with E-state index in [1.54, 1.807) is 0 Å². The number of isocyanates is 1. The molecule has 6 heteroatoms. The molecule has 1 rings (SSSR count). The van der Waals surface area contributed by atoms with Crippen LogP contribution >= 0.6 is 0 Å². The Labute approximate surface area is 89.6 Å². The van der Waals surface area contributed by atoms with Crippen molar-refractivity contribution < 1.29 is 22.7 Å². The molecule has 0 fully saturated rings. The van der Waals surface area contributed by atoms with Gasteiger partial charge < -0.3 is 4.74 Å². The van der Waals surface area contributed by atoms with Gasteiger partial charge in [-0.25, -0.2) is 9.79 Å². The lowest BCUT2D eigenvalue weighted by atomic mass is 10.2. The van der Waals surface area contributed by atoms with Crippen LogP contribution in [0.4, 0.5) is 13.2 Å². The van der Waals surface area contributed by atoms with Crippen LogP contribution in [0.25, 0.3) is 0 Å². The Morgan fingerprint density at radius 3 is 2.38 bits per heavy atom. The van der Waals surface area contributed by atoms with E-state index in [2.05, 4.69) is 9.73 Å². The second-order valence-corrected chi connectivity index (χ2v) is 2.96. The summed E-state index contributed by atoms with van der Waals surface area (Å²) >= 11 is 0. The number of ether oxygens (including phenoxy) is 1. The van der Waals surface area contributed by atoms with Crippen LogP contribution in [-0.2, 0) is 11.3 Å². The average molecular weight is 231 g/mol. The lowest BCUT2D eigenvalue weighted by Gasteiger charge is -2.08. The van der Waals surface area contributed by atoms with Gasteiger partial charge in [-0.3, -0.25) is 0 Å². The molecule has 0 radical (unpaired) electrons. The van der Waals surface area contributed by atoms with E-state index in [1.807, 2.05) is 0 Å². The Kier molecular flexibility index (Phi) is 4.08. The summed E-state index contributed by atoms with van der Waals surface area (Å²) in [6, 6.07) is 5.85. The molecule has 0 spiro atoms. The molecule has 0 aliphatic heterocycles. The number of aliphatic imine (C=N–C) groups is 1. The third-order valence-electron chi connectivity index (χ3n) is 1.65. The van der Waals surface area contributed by atoms with Crippen molar-refractivity contribution in [3.05, 3.63) is 29.8 Å². The molecule has 0 unspecified atom stereocenters. The molecule has 0 amide bonds. The van der Waals surface area contributed by atoms with Gasteiger partial charge in [0.2, 0.25) is 6.08 Å². The number of nitrogens with zero attached hydrogens (tertiary/aromatic N) is 1. The fourth-order valence-corrected chi connectivity index (χ4v) is 0.980. The molecule has 1 aromatic carbocycles.